The van der Waals surface area contributed by atoms with E-state index >= 15 is 0 Å². The highest BCUT2D eigenvalue weighted by molar-refractivity contribution is 7.13. The number of hydrogen-bond donors (Lipinski definition) is 2. The minimum Gasteiger partial charge on any atom is -0.497 e. The van der Waals surface area contributed by atoms with Crippen molar-refractivity contribution in [3.8, 4) is 5.75 Å². The molecule has 0 saturated carbocycles. The fraction of sp³-hybridized carbons (Fsp3) is 0.312. The van der Waals surface area contributed by atoms with Crippen LogP contribution in [-0.4, -0.2) is 29.1 Å². The molecule has 1 amide bonds. The maximum atomic E-state index is 12.1. The maximum Gasteiger partial charge on any atom is 0.347 e. The van der Waals surface area contributed by atoms with Crippen LogP contribution in [0.3, 0.4) is 0 Å². The third-order valence-electron chi connectivity index (χ3n) is 3.28. The number of aromatic carboxylic acids is 1. The molecule has 1 heterocycles. The van der Waals surface area contributed by atoms with Crippen LogP contribution in [0.25, 0.3) is 0 Å². The minimum atomic E-state index is -0.997. The summed E-state index contributed by atoms with van der Waals surface area (Å²) in [5, 5.41) is 12.5. The third kappa shape index (κ3) is 4.29. The molecular formula is C16H18N2O4S. The third-order valence-corrected chi connectivity index (χ3v) is 4.61. The van der Waals surface area contributed by atoms with Crippen molar-refractivity contribution in [2.45, 2.75) is 26.3 Å². The van der Waals surface area contributed by atoms with Gasteiger partial charge in [-0.15, -0.1) is 11.3 Å². The molecule has 0 aliphatic rings. The number of thiazole rings is 1. The highest BCUT2D eigenvalue weighted by atomic mass is 32.1. The number of nitrogens with one attached hydrogen (secondary N) is 1. The maximum absolute atomic E-state index is 12.1. The summed E-state index contributed by atoms with van der Waals surface area (Å²) in [6.07, 6.45) is 0.241. The van der Waals surface area contributed by atoms with E-state index in [1.165, 1.54) is 0 Å². The number of nitrogens with zero attached hydrogens (tertiary/aromatic N) is 1. The number of ether oxygens (including phenoxy) is 1. The lowest BCUT2D eigenvalue weighted by molar-refractivity contribution is -0.121. The lowest BCUT2D eigenvalue weighted by Gasteiger charge is -2.11. The van der Waals surface area contributed by atoms with Crippen molar-refractivity contribution in [3.63, 3.8) is 0 Å². The number of hydrogen-bond acceptors (Lipinski definition) is 5. The molecule has 7 heteroatoms. The Balaban J connectivity index is 1.98. The molecule has 0 aliphatic carbocycles. The number of aromatic nitrogens is 1. The van der Waals surface area contributed by atoms with Gasteiger partial charge in [0.1, 0.15) is 15.6 Å². The molecule has 0 bridgehead atoms. The number of carboxylic acids is 1. The van der Waals surface area contributed by atoms with Gasteiger partial charge in [-0.1, -0.05) is 12.1 Å². The van der Waals surface area contributed by atoms with Gasteiger partial charge in [-0.25, -0.2) is 9.78 Å². The molecule has 1 atom stereocenters. The Hall–Kier alpha value is -2.41. The van der Waals surface area contributed by atoms with Gasteiger partial charge in [-0.05, 0) is 31.5 Å². The average molecular weight is 334 g/mol. The van der Waals surface area contributed by atoms with Gasteiger partial charge in [-0.3, -0.25) is 4.79 Å². The SMILES string of the molecule is COc1ccc(CC(=O)NC(C)c2nc(C)c(C(=O)O)s2)cc1. The van der Waals surface area contributed by atoms with Crippen LogP contribution in [-0.2, 0) is 11.2 Å². The van der Waals surface area contributed by atoms with Crippen molar-refractivity contribution < 1.29 is 19.4 Å². The number of aryl methyl sites for hydroxylation is 1. The van der Waals surface area contributed by atoms with Gasteiger partial charge in [0.2, 0.25) is 5.91 Å². The van der Waals surface area contributed by atoms with Crippen molar-refractivity contribution in [1.82, 2.24) is 10.3 Å². The zero-order chi connectivity index (χ0) is 17.0. The number of amides is 1. The monoisotopic (exact) mass is 334 g/mol. The first-order chi connectivity index (χ1) is 10.9. The summed E-state index contributed by atoms with van der Waals surface area (Å²) in [6, 6.07) is 6.93. The molecule has 0 saturated heterocycles. The van der Waals surface area contributed by atoms with E-state index in [2.05, 4.69) is 10.3 Å². The Bertz CT molecular complexity index is 709. The molecule has 2 rings (SSSR count). The van der Waals surface area contributed by atoms with Crippen LogP contribution in [0.4, 0.5) is 0 Å². The van der Waals surface area contributed by atoms with E-state index in [9.17, 15) is 9.59 Å². The normalized spacial score (nSPS) is 11.8. The quantitative estimate of drug-likeness (QED) is 0.847. The summed E-state index contributed by atoms with van der Waals surface area (Å²) < 4.78 is 5.07. The van der Waals surface area contributed by atoms with E-state index in [1.807, 2.05) is 12.1 Å². The number of carboxylic acid groups (broad SMARTS) is 1. The van der Waals surface area contributed by atoms with Crippen molar-refractivity contribution in [3.05, 3.63) is 45.4 Å². The molecule has 1 aromatic heterocycles. The molecule has 23 heavy (non-hydrogen) atoms. The molecule has 1 aromatic carbocycles. The number of methoxy groups -OCH3 is 1. The Morgan fingerprint density at radius 2 is 2.00 bits per heavy atom. The Kier molecular flexibility index (Phi) is 5.33. The zero-order valence-corrected chi connectivity index (χ0v) is 13.9. The van der Waals surface area contributed by atoms with E-state index in [0.717, 1.165) is 22.6 Å². The summed E-state index contributed by atoms with van der Waals surface area (Å²) >= 11 is 1.09. The molecule has 0 fully saturated rings. The lowest BCUT2D eigenvalue weighted by Crippen LogP contribution is -2.28. The van der Waals surface area contributed by atoms with E-state index in [4.69, 9.17) is 9.84 Å². The fourth-order valence-electron chi connectivity index (χ4n) is 2.08. The largest absolute Gasteiger partial charge is 0.497 e. The van der Waals surface area contributed by atoms with Crippen LogP contribution in [0, 0.1) is 6.92 Å². The van der Waals surface area contributed by atoms with Gasteiger partial charge in [0.05, 0.1) is 25.3 Å². The van der Waals surface area contributed by atoms with Crippen molar-refractivity contribution >= 4 is 23.2 Å². The van der Waals surface area contributed by atoms with E-state index in [-0.39, 0.29) is 23.2 Å². The van der Waals surface area contributed by atoms with E-state index in [1.54, 1.807) is 33.1 Å². The van der Waals surface area contributed by atoms with Gasteiger partial charge in [0.25, 0.3) is 0 Å². The van der Waals surface area contributed by atoms with Crippen LogP contribution >= 0.6 is 11.3 Å². The van der Waals surface area contributed by atoms with E-state index in [0.29, 0.717) is 10.7 Å². The van der Waals surface area contributed by atoms with Crippen LogP contribution in [0.15, 0.2) is 24.3 Å². The Morgan fingerprint density at radius 3 is 2.52 bits per heavy atom. The van der Waals surface area contributed by atoms with Gasteiger partial charge in [0, 0.05) is 0 Å². The molecule has 0 aliphatic heterocycles. The first-order valence-corrected chi connectivity index (χ1v) is 7.85. The van der Waals surface area contributed by atoms with Crippen molar-refractivity contribution in [2.75, 3.05) is 7.11 Å². The predicted octanol–water partition coefficient (Wildman–Crippen LogP) is 2.58. The standard InChI is InChI=1S/C16H18N2O4S/c1-9-14(16(20)21)23-15(18-9)10(2)17-13(19)8-11-4-6-12(22-3)7-5-11/h4-7,10H,8H2,1-3H3,(H,17,19)(H,20,21). The second-order valence-corrected chi connectivity index (χ2v) is 6.12. The second-order valence-electron chi connectivity index (χ2n) is 5.09. The van der Waals surface area contributed by atoms with Crippen LogP contribution < -0.4 is 10.1 Å². The summed E-state index contributed by atoms with van der Waals surface area (Å²) in [6.45, 7) is 3.44. The molecule has 2 N–H and O–H groups in total. The van der Waals surface area contributed by atoms with Crippen molar-refractivity contribution in [2.24, 2.45) is 0 Å². The smallest absolute Gasteiger partial charge is 0.347 e. The summed E-state index contributed by atoms with van der Waals surface area (Å²) in [4.78, 5) is 27.6. The molecule has 6 nitrogen and oxygen atoms in total. The minimum absolute atomic E-state index is 0.146. The average Bonchev–Trinajstić information content (AvgIpc) is 2.90. The molecule has 2 aromatic rings. The molecule has 0 radical (unpaired) electrons. The Morgan fingerprint density at radius 1 is 1.35 bits per heavy atom. The molecule has 0 spiro atoms. The van der Waals surface area contributed by atoms with Gasteiger partial charge < -0.3 is 15.2 Å². The number of benzene rings is 1. The van der Waals surface area contributed by atoms with Crippen LogP contribution in [0.2, 0.25) is 0 Å². The highest BCUT2D eigenvalue weighted by Crippen LogP contribution is 2.23. The number of rotatable bonds is 6. The lowest BCUT2D eigenvalue weighted by atomic mass is 10.1. The molecule has 1 unspecified atom stereocenters. The van der Waals surface area contributed by atoms with Gasteiger partial charge in [0.15, 0.2) is 0 Å². The summed E-state index contributed by atoms with van der Waals surface area (Å²) in [5.74, 6) is -0.405. The first kappa shape index (κ1) is 17.0. The molecular weight excluding hydrogens is 316 g/mol. The van der Waals surface area contributed by atoms with Gasteiger partial charge >= 0.3 is 5.97 Å². The van der Waals surface area contributed by atoms with Crippen molar-refractivity contribution in [1.29, 1.82) is 0 Å². The van der Waals surface area contributed by atoms with Crippen LogP contribution in [0.5, 0.6) is 5.75 Å². The topological polar surface area (TPSA) is 88.5 Å². The van der Waals surface area contributed by atoms with Gasteiger partial charge in [-0.2, -0.15) is 0 Å². The first-order valence-electron chi connectivity index (χ1n) is 7.03. The second kappa shape index (κ2) is 7.23. The molecule has 122 valence electrons. The number of carbonyl (C=O) groups excluding carboxylic acids is 1. The summed E-state index contributed by atoms with van der Waals surface area (Å²) in [7, 11) is 1.59. The summed E-state index contributed by atoms with van der Waals surface area (Å²) in [5.41, 5.74) is 1.34. The fourth-order valence-corrected chi connectivity index (χ4v) is 2.99. The van der Waals surface area contributed by atoms with E-state index < -0.39 is 5.97 Å². The number of carbonyl (C=O) groups is 2. The zero-order valence-electron chi connectivity index (χ0n) is 13.1. The highest BCUT2D eigenvalue weighted by Gasteiger charge is 2.19. The Labute approximate surface area is 138 Å². The predicted molar refractivity (Wildman–Crippen MR) is 87.1 cm³/mol. The van der Waals surface area contributed by atoms with Crippen LogP contribution in [0.1, 0.15) is 38.9 Å².